The summed E-state index contributed by atoms with van der Waals surface area (Å²) in [5, 5.41) is 5.04. The van der Waals surface area contributed by atoms with Gasteiger partial charge in [-0.3, -0.25) is 9.59 Å². The SMILES string of the molecule is Cc1ccc(NC(=O)C(=O)Nc2cccnc2Cl)c(Br)c1. The van der Waals surface area contributed by atoms with Crippen molar-refractivity contribution in [3.8, 4) is 0 Å². The molecule has 21 heavy (non-hydrogen) atoms. The van der Waals surface area contributed by atoms with Crippen LogP contribution >= 0.6 is 27.5 Å². The zero-order valence-corrected chi connectivity index (χ0v) is 13.3. The average Bonchev–Trinajstić information content (AvgIpc) is 2.44. The maximum atomic E-state index is 11.9. The average molecular weight is 369 g/mol. The molecule has 0 spiro atoms. The molecular formula is C14H11BrClN3O2. The molecule has 1 aromatic heterocycles. The fourth-order valence-electron chi connectivity index (χ4n) is 1.56. The van der Waals surface area contributed by atoms with Gasteiger partial charge in [0.05, 0.1) is 11.4 Å². The Morgan fingerprint density at radius 2 is 1.81 bits per heavy atom. The molecule has 0 saturated carbocycles. The predicted octanol–water partition coefficient (Wildman–Crippen LogP) is 3.38. The third kappa shape index (κ3) is 4.03. The Hall–Kier alpha value is -1.92. The van der Waals surface area contributed by atoms with E-state index in [4.69, 9.17) is 11.6 Å². The van der Waals surface area contributed by atoms with Crippen molar-refractivity contribution in [3.05, 3.63) is 51.7 Å². The highest BCUT2D eigenvalue weighted by Gasteiger charge is 2.16. The normalized spacial score (nSPS) is 10.0. The van der Waals surface area contributed by atoms with Crippen molar-refractivity contribution in [2.45, 2.75) is 6.92 Å². The van der Waals surface area contributed by atoms with Crippen LogP contribution in [-0.4, -0.2) is 16.8 Å². The molecule has 0 saturated heterocycles. The second kappa shape index (κ2) is 6.69. The van der Waals surface area contributed by atoms with E-state index in [1.54, 1.807) is 18.2 Å². The summed E-state index contributed by atoms with van der Waals surface area (Å²) in [4.78, 5) is 27.5. The van der Waals surface area contributed by atoms with Gasteiger partial charge in [-0.05, 0) is 52.7 Å². The number of hydrogen-bond donors (Lipinski definition) is 2. The molecule has 2 rings (SSSR count). The van der Waals surface area contributed by atoms with Gasteiger partial charge < -0.3 is 10.6 Å². The Bertz CT molecular complexity index is 706. The molecule has 0 unspecified atom stereocenters. The van der Waals surface area contributed by atoms with E-state index in [0.717, 1.165) is 5.56 Å². The zero-order valence-electron chi connectivity index (χ0n) is 11.0. The van der Waals surface area contributed by atoms with Crippen LogP contribution in [0.25, 0.3) is 0 Å². The minimum Gasteiger partial charge on any atom is -0.317 e. The van der Waals surface area contributed by atoms with Gasteiger partial charge in [0, 0.05) is 10.7 Å². The van der Waals surface area contributed by atoms with Crippen molar-refractivity contribution in [2.75, 3.05) is 10.6 Å². The summed E-state index contributed by atoms with van der Waals surface area (Å²) < 4.78 is 0.697. The summed E-state index contributed by atoms with van der Waals surface area (Å²) in [6, 6.07) is 8.54. The first kappa shape index (κ1) is 15.5. The summed E-state index contributed by atoms with van der Waals surface area (Å²) in [5.41, 5.74) is 1.83. The number of benzene rings is 1. The molecule has 7 heteroatoms. The van der Waals surface area contributed by atoms with Gasteiger partial charge in [-0.15, -0.1) is 0 Å². The van der Waals surface area contributed by atoms with E-state index in [1.807, 2.05) is 19.1 Å². The lowest BCUT2D eigenvalue weighted by molar-refractivity contribution is -0.133. The third-order valence-corrected chi connectivity index (χ3v) is 3.54. The highest BCUT2D eigenvalue weighted by Crippen LogP contribution is 2.23. The van der Waals surface area contributed by atoms with E-state index in [0.29, 0.717) is 10.2 Å². The molecule has 0 aliphatic heterocycles. The summed E-state index contributed by atoms with van der Waals surface area (Å²) in [7, 11) is 0. The molecule has 0 aliphatic carbocycles. The topological polar surface area (TPSA) is 71.1 Å². The van der Waals surface area contributed by atoms with E-state index in [1.165, 1.54) is 6.20 Å². The molecule has 2 amide bonds. The van der Waals surface area contributed by atoms with Gasteiger partial charge in [0.2, 0.25) is 0 Å². The quantitative estimate of drug-likeness (QED) is 0.630. The standard InChI is InChI=1S/C14H11BrClN3O2/c1-8-4-5-10(9(15)7-8)18-13(20)14(21)19-11-3-2-6-17-12(11)16/h2-7H,1H3,(H,18,20)(H,19,21). The van der Waals surface area contributed by atoms with E-state index < -0.39 is 11.8 Å². The molecule has 0 radical (unpaired) electrons. The number of nitrogens with one attached hydrogen (secondary N) is 2. The van der Waals surface area contributed by atoms with Crippen LogP contribution in [-0.2, 0) is 9.59 Å². The van der Waals surface area contributed by atoms with Crippen molar-refractivity contribution in [2.24, 2.45) is 0 Å². The molecule has 108 valence electrons. The Balaban J connectivity index is 2.06. The number of aryl methyl sites for hydroxylation is 1. The molecule has 0 bridgehead atoms. The zero-order chi connectivity index (χ0) is 15.4. The monoisotopic (exact) mass is 367 g/mol. The number of carbonyl (C=O) groups is 2. The largest absolute Gasteiger partial charge is 0.317 e. The van der Waals surface area contributed by atoms with Crippen LogP contribution in [0.15, 0.2) is 41.0 Å². The molecule has 5 nitrogen and oxygen atoms in total. The number of aromatic nitrogens is 1. The van der Waals surface area contributed by atoms with Gasteiger partial charge in [0.1, 0.15) is 0 Å². The van der Waals surface area contributed by atoms with E-state index in [2.05, 4.69) is 31.5 Å². The van der Waals surface area contributed by atoms with Gasteiger partial charge in [0.25, 0.3) is 0 Å². The first-order valence-electron chi connectivity index (χ1n) is 5.96. The van der Waals surface area contributed by atoms with Crippen LogP contribution < -0.4 is 10.6 Å². The Kier molecular flexibility index (Phi) is 4.93. The predicted molar refractivity (Wildman–Crippen MR) is 85.4 cm³/mol. The second-order valence-corrected chi connectivity index (χ2v) is 5.45. The first-order chi connectivity index (χ1) is 9.97. The van der Waals surface area contributed by atoms with Crippen molar-refractivity contribution < 1.29 is 9.59 Å². The fourth-order valence-corrected chi connectivity index (χ4v) is 2.32. The Labute approximate surface area is 134 Å². The smallest absolute Gasteiger partial charge is 0.314 e. The van der Waals surface area contributed by atoms with Crippen molar-refractivity contribution in [3.63, 3.8) is 0 Å². The molecule has 2 N–H and O–H groups in total. The van der Waals surface area contributed by atoms with Crippen LogP contribution in [0.2, 0.25) is 5.15 Å². The molecular weight excluding hydrogens is 358 g/mol. The molecule has 0 fully saturated rings. The minimum atomic E-state index is -0.822. The second-order valence-electron chi connectivity index (χ2n) is 4.23. The van der Waals surface area contributed by atoms with Gasteiger partial charge >= 0.3 is 11.8 Å². The minimum absolute atomic E-state index is 0.121. The molecule has 1 heterocycles. The molecule has 2 aromatic rings. The van der Waals surface area contributed by atoms with Crippen LogP contribution in [0, 0.1) is 6.92 Å². The molecule has 0 atom stereocenters. The van der Waals surface area contributed by atoms with Crippen molar-refractivity contribution >= 4 is 50.7 Å². The van der Waals surface area contributed by atoms with Gasteiger partial charge in [0.15, 0.2) is 5.15 Å². The maximum Gasteiger partial charge on any atom is 0.314 e. The van der Waals surface area contributed by atoms with Crippen LogP contribution in [0.5, 0.6) is 0 Å². The molecule has 1 aromatic carbocycles. The lowest BCUT2D eigenvalue weighted by Crippen LogP contribution is -2.29. The number of nitrogens with zero attached hydrogens (tertiary/aromatic N) is 1. The van der Waals surface area contributed by atoms with Crippen molar-refractivity contribution in [1.82, 2.24) is 4.98 Å². The van der Waals surface area contributed by atoms with Gasteiger partial charge in [-0.25, -0.2) is 4.98 Å². The number of amides is 2. The van der Waals surface area contributed by atoms with Crippen LogP contribution in [0.4, 0.5) is 11.4 Å². The highest BCUT2D eigenvalue weighted by atomic mass is 79.9. The lowest BCUT2D eigenvalue weighted by Gasteiger charge is -2.09. The number of halogens is 2. The number of anilines is 2. The maximum absolute atomic E-state index is 11.9. The first-order valence-corrected chi connectivity index (χ1v) is 7.13. The van der Waals surface area contributed by atoms with Gasteiger partial charge in [-0.2, -0.15) is 0 Å². The van der Waals surface area contributed by atoms with E-state index >= 15 is 0 Å². The summed E-state index contributed by atoms with van der Waals surface area (Å²) in [6.45, 7) is 1.92. The number of hydrogen-bond acceptors (Lipinski definition) is 3. The Morgan fingerprint density at radius 3 is 2.43 bits per heavy atom. The van der Waals surface area contributed by atoms with E-state index in [9.17, 15) is 9.59 Å². The number of pyridine rings is 1. The van der Waals surface area contributed by atoms with Crippen LogP contribution in [0.3, 0.4) is 0 Å². The summed E-state index contributed by atoms with van der Waals surface area (Å²) >= 11 is 9.14. The highest BCUT2D eigenvalue weighted by molar-refractivity contribution is 9.10. The lowest BCUT2D eigenvalue weighted by atomic mass is 10.2. The summed E-state index contributed by atoms with van der Waals surface area (Å²) in [6.07, 6.45) is 1.49. The third-order valence-electron chi connectivity index (χ3n) is 2.59. The summed E-state index contributed by atoms with van der Waals surface area (Å²) in [5.74, 6) is -1.61. The van der Waals surface area contributed by atoms with E-state index in [-0.39, 0.29) is 10.8 Å². The number of carbonyl (C=O) groups excluding carboxylic acids is 2. The van der Waals surface area contributed by atoms with Gasteiger partial charge in [-0.1, -0.05) is 17.7 Å². The Morgan fingerprint density at radius 1 is 1.14 bits per heavy atom. The van der Waals surface area contributed by atoms with Crippen LogP contribution in [0.1, 0.15) is 5.56 Å². The molecule has 0 aliphatic rings. The van der Waals surface area contributed by atoms with Crippen molar-refractivity contribution in [1.29, 1.82) is 0 Å². The fraction of sp³-hybridized carbons (Fsp3) is 0.0714. The number of rotatable bonds is 2.